The molecule has 4 saturated carbocycles. The predicted molar refractivity (Wildman–Crippen MR) is 126 cm³/mol. The lowest BCUT2D eigenvalue weighted by Crippen LogP contribution is -2.35. The van der Waals surface area contributed by atoms with Gasteiger partial charge in [-0.1, -0.05) is 44.2 Å². The first-order chi connectivity index (χ1) is 15.0. The molecule has 0 radical (unpaired) electrons. The van der Waals surface area contributed by atoms with E-state index in [1.807, 2.05) is 0 Å². The van der Waals surface area contributed by atoms with Crippen molar-refractivity contribution in [1.29, 1.82) is 0 Å². The highest BCUT2D eigenvalue weighted by Crippen LogP contribution is 2.59. The summed E-state index contributed by atoms with van der Waals surface area (Å²) >= 11 is 0. The lowest BCUT2D eigenvalue weighted by Gasteiger charge is -2.44. The van der Waals surface area contributed by atoms with Crippen molar-refractivity contribution in [2.24, 2.45) is 23.2 Å². The summed E-state index contributed by atoms with van der Waals surface area (Å²) in [7, 11) is 0. The van der Waals surface area contributed by atoms with Gasteiger partial charge in [-0.3, -0.25) is 4.79 Å². The third-order valence-electron chi connectivity index (χ3n) is 9.03. The molecule has 4 fully saturated rings. The smallest absolute Gasteiger partial charge is 0.195 e. The summed E-state index contributed by atoms with van der Waals surface area (Å²) in [4.78, 5) is 12.4. The molecule has 4 aliphatic rings. The van der Waals surface area contributed by atoms with E-state index in [9.17, 15) is 19.4 Å². The number of carbonyl (C=O) groups is 1. The van der Waals surface area contributed by atoms with Crippen LogP contribution >= 0.6 is 0 Å². The van der Waals surface area contributed by atoms with Crippen LogP contribution in [0.3, 0.4) is 0 Å². The molecule has 0 saturated heterocycles. The second-order valence-corrected chi connectivity index (χ2v) is 11.2. The van der Waals surface area contributed by atoms with Gasteiger partial charge in [-0.05, 0) is 98.2 Å². The highest BCUT2D eigenvalue weighted by molar-refractivity contribution is 6.03. The second-order valence-electron chi connectivity index (χ2n) is 11.2. The van der Waals surface area contributed by atoms with Crippen molar-refractivity contribution in [2.75, 3.05) is 0 Å². The van der Waals surface area contributed by atoms with Crippen molar-refractivity contribution in [3.05, 3.63) is 47.1 Å². The van der Waals surface area contributed by atoms with E-state index in [0.29, 0.717) is 43.1 Å². The number of fused-ring (bicyclic) bond motifs is 1. The van der Waals surface area contributed by atoms with Gasteiger partial charge >= 0.3 is 0 Å². The first-order valence-electron chi connectivity index (χ1n) is 12.4. The van der Waals surface area contributed by atoms with Crippen molar-refractivity contribution in [2.45, 2.75) is 96.4 Å². The number of halogens is 1. The number of carbonyl (C=O) groups excluding carboxylic acids is 1. The highest BCUT2D eigenvalue weighted by atomic mass is 19.1. The van der Waals surface area contributed by atoms with Crippen LogP contribution in [0.4, 0.5) is 4.39 Å². The molecular weight excluding hydrogens is 403 g/mol. The summed E-state index contributed by atoms with van der Waals surface area (Å²) in [5.74, 6) is 0.955. The van der Waals surface area contributed by atoms with E-state index in [-0.39, 0.29) is 17.1 Å². The van der Waals surface area contributed by atoms with Gasteiger partial charge in [0.1, 0.15) is 0 Å². The summed E-state index contributed by atoms with van der Waals surface area (Å²) < 4.78 is 14.4. The first-order valence-corrected chi connectivity index (χ1v) is 12.4. The first kappa shape index (κ1) is 23.6. The molecule has 4 heteroatoms. The molecule has 0 amide bonds. The van der Waals surface area contributed by atoms with Crippen LogP contribution in [0.25, 0.3) is 0 Å². The number of aliphatic hydroxyl groups is 2. The molecule has 3 unspecified atom stereocenters. The van der Waals surface area contributed by atoms with Gasteiger partial charge in [-0.25, -0.2) is 4.39 Å². The number of alkyl halides is 1. The third-order valence-corrected chi connectivity index (χ3v) is 9.03. The van der Waals surface area contributed by atoms with Gasteiger partial charge in [-0.2, -0.15) is 0 Å². The summed E-state index contributed by atoms with van der Waals surface area (Å²) in [6.07, 6.45) is 12.7. The fourth-order valence-corrected chi connectivity index (χ4v) is 7.13. The van der Waals surface area contributed by atoms with Crippen LogP contribution in [-0.4, -0.2) is 33.9 Å². The van der Waals surface area contributed by atoms with Crippen LogP contribution in [0.2, 0.25) is 0 Å². The van der Waals surface area contributed by atoms with Gasteiger partial charge < -0.3 is 10.2 Å². The molecule has 4 aliphatic carbocycles. The molecule has 3 nitrogen and oxygen atoms in total. The molecule has 32 heavy (non-hydrogen) atoms. The number of ketones is 1. The fraction of sp³-hybridized carbons (Fsp3) is 0.679. The standard InChI is InChI=1S/C28H39FO3/c1-17(14-21-11-13-28(4,29)26(21)32)23-9-10-24-19(6-5-12-27(23,24)3)7-8-20-15-22(30)16-25(31)18(20)2/h7-8,14,17,22-25,30-31H,2,5-6,9-13,15-16H2,1,3-4H3/b19-7+,20-8-,21-14+/t17?,22-,23-,24?,25+,27-,28?/m1/s1. The van der Waals surface area contributed by atoms with E-state index in [0.717, 1.165) is 36.8 Å². The topological polar surface area (TPSA) is 57.5 Å². The number of hydrogen-bond donors (Lipinski definition) is 2. The Labute approximate surface area is 192 Å². The summed E-state index contributed by atoms with van der Waals surface area (Å²) in [6.45, 7) is 10.1. The minimum absolute atomic E-state index is 0.183. The Morgan fingerprint density at radius 1 is 1.12 bits per heavy atom. The molecule has 0 spiro atoms. The zero-order valence-electron chi connectivity index (χ0n) is 19.9. The third kappa shape index (κ3) is 4.21. The van der Waals surface area contributed by atoms with Crippen LogP contribution in [0.15, 0.2) is 47.1 Å². The van der Waals surface area contributed by atoms with E-state index in [2.05, 4.69) is 38.7 Å². The molecule has 0 heterocycles. The van der Waals surface area contributed by atoms with Gasteiger partial charge in [0.2, 0.25) is 0 Å². The predicted octanol–water partition coefficient (Wildman–Crippen LogP) is 5.78. The van der Waals surface area contributed by atoms with Gasteiger partial charge in [0.05, 0.1) is 12.2 Å². The van der Waals surface area contributed by atoms with Crippen molar-refractivity contribution in [1.82, 2.24) is 0 Å². The molecule has 7 atom stereocenters. The van der Waals surface area contributed by atoms with Crippen molar-refractivity contribution in [3.8, 4) is 0 Å². The normalized spacial score (nSPS) is 45.1. The van der Waals surface area contributed by atoms with Crippen LogP contribution in [-0.2, 0) is 4.79 Å². The maximum absolute atomic E-state index is 14.4. The zero-order chi connectivity index (χ0) is 23.3. The molecular formula is C28H39FO3. The maximum atomic E-state index is 14.4. The molecule has 0 aromatic rings. The van der Waals surface area contributed by atoms with Crippen molar-refractivity contribution in [3.63, 3.8) is 0 Å². The Balaban J connectivity index is 1.53. The Morgan fingerprint density at radius 2 is 1.88 bits per heavy atom. The summed E-state index contributed by atoms with van der Waals surface area (Å²) in [5.41, 5.74) is 2.34. The van der Waals surface area contributed by atoms with E-state index < -0.39 is 17.9 Å². The molecule has 0 aromatic carbocycles. The lowest BCUT2D eigenvalue weighted by molar-refractivity contribution is -0.123. The number of aliphatic hydroxyl groups excluding tert-OH is 2. The van der Waals surface area contributed by atoms with E-state index in [4.69, 9.17) is 0 Å². The number of rotatable bonds is 3. The number of Topliss-reactive ketones (excluding diaryl/α,β-unsaturated/α-hetero) is 1. The van der Waals surface area contributed by atoms with E-state index in [1.54, 1.807) is 0 Å². The Kier molecular flexibility index (Phi) is 6.41. The van der Waals surface area contributed by atoms with Crippen LogP contribution in [0.5, 0.6) is 0 Å². The van der Waals surface area contributed by atoms with Crippen LogP contribution in [0.1, 0.15) is 78.6 Å². The number of allylic oxidation sites excluding steroid dienone is 5. The number of hydrogen-bond acceptors (Lipinski definition) is 3. The van der Waals surface area contributed by atoms with E-state index >= 15 is 0 Å². The van der Waals surface area contributed by atoms with Crippen molar-refractivity contribution >= 4 is 5.78 Å². The SMILES string of the molecule is C=C1/C(=C\C=C2/CCC[C@@]3(C)C2CC[C@@H]3C(C)/C=C2\CCC(C)(F)C2=O)C[C@@H](O)C[C@@H]1O. The van der Waals surface area contributed by atoms with E-state index in [1.165, 1.54) is 18.9 Å². The average Bonchev–Trinajstić information content (AvgIpc) is 3.21. The monoisotopic (exact) mass is 442 g/mol. The Bertz CT molecular complexity index is 879. The minimum Gasteiger partial charge on any atom is -0.393 e. The largest absolute Gasteiger partial charge is 0.393 e. The summed E-state index contributed by atoms with van der Waals surface area (Å²) in [6, 6.07) is 0. The maximum Gasteiger partial charge on any atom is 0.195 e. The summed E-state index contributed by atoms with van der Waals surface area (Å²) in [5, 5.41) is 20.2. The van der Waals surface area contributed by atoms with Gasteiger partial charge in [0.25, 0.3) is 0 Å². The lowest BCUT2D eigenvalue weighted by atomic mass is 9.61. The van der Waals surface area contributed by atoms with Gasteiger partial charge in [0.15, 0.2) is 11.5 Å². The second kappa shape index (κ2) is 8.68. The highest BCUT2D eigenvalue weighted by Gasteiger charge is 2.51. The van der Waals surface area contributed by atoms with Gasteiger partial charge in [0, 0.05) is 6.42 Å². The Morgan fingerprint density at radius 3 is 2.56 bits per heavy atom. The van der Waals surface area contributed by atoms with Crippen LogP contribution < -0.4 is 0 Å². The molecule has 0 aliphatic heterocycles. The Hall–Kier alpha value is -1.52. The fourth-order valence-electron chi connectivity index (χ4n) is 7.13. The average molecular weight is 443 g/mol. The molecule has 0 bridgehead atoms. The molecule has 176 valence electrons. The van der Waals surface area contributed by atoms with Gasteiger partial charge in [-0.15, -0.1) is 0 Å². The zero-order valence-corrected chi connectivity index (χ0v) is 19.9. The molecule has 4 rings (SSSR count). The quantitative estimate of drug-likeness (QED) is 0.545. The minimum atomic E-state index is -1.69. The van der Waals surface area contributed by atoms with Crippen LogP contribution in [0, 0.1) is 23.2 Å². The molecule has 0 aromatic heterocycles. The van der Waals surface area contributed by atoms with Crippen molar-refractivity contribution < 1.29 is 19.4 Å². The molecule has 2 N–H and O–H groups in total.